The number of nitrogens with zero attached hydrogens (tertiary/aromatic N) is 1. The molecule has 1 amide bonds. The van der Waals surface area contributed by atoms with Gasteiger partial charge in [-0.1, -0.05) is 6.07 Å². The predicted molar refractivity (Wildman–Crippen MR) is 104 cm³/mol. The number of benzene rings is 2. The Labute approximate surface area is 165 Å². The molecule has 2 aromatic rings. The molecule has 2 aromatic carbocycles. The van der Waals surface area contributed by atoms with E-state index in [0.29, 0.717) is 29.8 Å². The fraction of sp³-hybridized carbons (Fsp3) is 0.211. The van der Waals surface area contributed by atoms with E-state index in [4.69, 9.17) is 10.00 Å². The minimum absolute atomic E-state index is 0.132. The van der Waals surface area contributed by atoms with Gasteiger partial charge in [0.1, 0.15) is 5.75 Å². The van der Waals surface area contributed by atoms with Crippen LogP contribution in [0, 0.1) is 14.9 Å². The number of carbonyl (C=O) groups excluding carboxylic acids is 2. The second-order valence-corrected chi connectivity index (χ2v) is 6.49. The molecule has 0 fully saturated rings. The Morgan fingerprint density at radius 1 is 1.19 bits per heavy atom. The molecule has 0 spiro atoms. The van der Waals surface area contributed by atoms with Crippen molar-refractivity contribution >= 4 is 34.5 Å². The van der Waals surface area contributed by atoms with E-state index in [1.807, 2.05) is 18.2 Å². The second-order valence-electron chi connectivity index (χ2n) is 5.32. The van der Waals surface area contributed by atoms with Crippen LogP contribution in [0.2, 0.25) is 0 Å². The van der Waals surface area contributed by atoms with Gasteiger partial charge in [-0.15, -0.1) is 0 Å². The Kier molecular flexibility index (Phi) is 7.41. The number of nitriles is 1. The highest BCUT2D eigenvalue weighted by atomic mass is 127. The quantitative estimate of drug-likeness (QED) is 0.503. The summed E-state index contributed by atoms with van der Waals surface area (Å²) in [5.41, 5.74) is 2.08. The minimum atomic E-state index is -0.435. The van der Waals surface area contributed by atoms with E-state index in [9.17, 15) is 9.59 Å². The second kappa shape index (κ2) is 9.77. The summed E-state index contributed by atoms with van der Waals surface area (Å²) < 4.78 is 10.8. The first-order valence-corrected chi connectivity index (χ1v) is 8.87. The Bertz CT molecular complexity index is 828. The van der Waals surface area contributed by atoms with E-state index < -0.39 is 5.97 Å². The molecule has 0 aromatic heterocycles. The Morgan fingerprint density at radius 2 is 1.92 bits per heavy atom. The number of hydrogen-bond acceptors (Lipinski definition) is 5. The molecule has 0 atom stereocenters. The smallest absolute Gasteiger partial charge is 0.343 e. The summed E-state index contributed by atoms with van der Waals surface area (Å²) in [7, 11) is 1.31. The monoisotopic (exact) mass is 464 g/mol. The lowest BCUT2D eigenvalue weighted by Crippen LogP contribution is -2.25. The highest BCUT2D eigenvalue weighted by molar-refractivity contribution is 14.1. The van der Waals surface area contributed by atoms with Crippen molar-refractivity contribution in [3.05, 3.63) is 62.7 Å². The first-order chi connectivity index (χ1) is 12.5. The maximum atomic E-state index is 12.1. The molecule has 0 unspecified atom stereocenters. The highest BCUT2D eigenvalue weighted by Crippen LogP contribution is 2.22. The van der Waals surface area contributed by atoms with Crippen LogP contribution >= 0.6 is 22.6 Å². The van der Waals surface area contributed by atoms with Gasteiger partial charge >= 0.3 is 5.97 Å². The van der Waals surface area contributed by atoms with E-state index in [1.54, 1.807) is 30.3 Å². The number of halogens is 1. The van der Waals surface area contributed by atoms with Gasteiger partial charge in [0, 0.05) is 12.1 Å². The molecule has 2 rings (SSSR count). The maximum absolute atomic E-state index is 12.1. The van der Waals surface area contributed by atoms with Crippen LogP contribution in [0.25, 0.3) is 0 Å². The third-order valence-electron chi connectivity index (χ3n) is 3.54. The number of carbonyl (C=O) groups is 2. The zero-order valence-electron chi connectivity index (χ0n) is 14.1. The fourth-order valence-electron chi connectivity index (χ4n) is 2.13. The molecule has 0 saturated carbocycles. The molecular weight excluding hydrogens is 447 g/mol. The number of ether oxygens (including phenoxy) is 2. The van der Waals surface area contributed by atoms with E-state index in [-0.39, 0.29) is 12.5 Å². The molecule has 0 aliphatic heterocycles. The summed E-state index contributed by atoms with van der Waals surface area (Å²) in [6.07, 6.45) is 0.662. The SMILES string of the molecule is COC(=O)COc1ccc(CCNC(=O)c2ccc(C#N)cc2)cc1I. The average molecular weight is 464 g/mol. The van der Waals surface area contributed by atoms with Crippen LogP contribution in [0.1, 0.15) is 21.5 Å². The van der Waals surface area contributed by atoms with Crippen molar-refractivity contribution in [2.75, 3.05) is 20.3 Å². The van der Waals surface area contributed by atoms with Gasteiger partial charge in [-0.05, 0) is 71.0 Å². The van der Waals surface area contributed by atoms with Crippen LogP contribution in [0.4, 0.5) is 0 Å². The number of rotatable bonds is 7. The van der Waals surface area contributed by atoms with Crippen molar-refractivity contribution in [3.8, 4) is 11.8 Å². The number of methoxy groups -OCH3 is 1. The molecular formula is C19H17IN2O4. The molecule has 7 heteroatoms. The topological polar surface area (TPSA) is 88.4 Å². The van der Waals surface area contributed by atoms with Crippen LogP contribution in [-0.2, 0) is 16.0 Å². The summed E-state index contributed by atoms with van der Waals surface area (Å²) in [6, 6.07) is 14.1. The summed E-state index contributed by atoms with van der Waals surface area (Å²) in [5.74, 6) is -0.000946. The summed E-state index contributed by atoms with van der Waals surface area (Å²) in [6.45, 7) is 0.351. The third kappa shape index (κ3) is 5.74. The number of nitrogens with one attached hydrogen (secondary N) is 1. The number of amides is 1. The van der Waals surface area contributed by atoms with Gasteiger partial charge in [-0.2, -0.15) is 5.26 Å². The summed E-state index contributed by atoms with van der Waals surface area (Å²) in [5, 5.41) is 11.6. The van der Waals surface area contributed by atoms with Gasteiger partial charge in [0.05, 0.1) is 22.3 Å². The summed E-state index contributed by atoms with van der Waals surface area (Å²) >= 11 is 2.14. The largest absolute Gasteiger partial charge is 0.481 e. The Balaban J connectivity index is 1.85. The molecule has 6 nitrogen and oxygen atoms in total. The number of hydrogen-bond donors (Lipinski definition) is 1. The van der Waals surface area contributed by atoms with Gasteiger partial charge in [0.15, 0.2) is 6.61 Å². The first-order valence-electron chi connectivity index (χ1n) is 7.80. The van der Waals surface area contributed by atoms with Crippen LogP contribution in [0.3, 0.4) is 0 Å². The molecule has 0 radical (unpaired) electrons. The van der Waals surface area contributed by atoms with Gasteiger partial charge in [0.25, 0.3) is 5.91 Å². The fourth-order valence-corrected chi connectivity index (χ4v) is 2.87. The molecule has 0 aliphatic rings. The van der Waals surface area contributed by atoms with E-state index in [0.717, 1.165) is 9.13 Å². The Morgan fingerprint density at radius 3 is 2.54 bits per heavy atom. The summed E-state index contributed by atoms with van der Waals surface area (Å²) in [4.78, 5) is 23.2. The highest BCUT2D eigenvalue weighted by Gasteiger charge is 2.08. The van der Waals surface area contributed by atoms with Crippen molar-refractivity contribution in [2.45, 2.75) is 6.42 Å². The van der Waals surface area contributed by atoms with Crippen molar-refractivity contribution in [3.63, 3.8) is 0 Å². The molecule has 134 valence electrons. The molecule has 0 aliphatic carbocycles. The van der Waals surface area contributed by atoms with Crippen LogP contribution in [-0.4, -0.2) is 32.1 Å². The van der Waals surface area contributed by atoms with E-state index >= 15 is 0 Å². The van der Waals surface area contributed by atoms with Gasteiger partial charge in [-0.3, -0.25) is 4.79 Å². The lowest BCUT2D eigenvalue weighted by Gasteiger charge is -2.10. The lowest BCUT2D eigenvalue weighted by atomic mass is 10.1. The van der Waals surface area contributed by atoms with Gasteiger partial charge in [-0.25, -0.2) is 4.79 Å². The Hall–Kier alpha value is -2.60. The average Bonchev–Trinajstić information content (AvgIpc) is 2.67. The predicted octanol–water partition coefficient (Wildman–Crippen LogP) is 2.69. The molecule has 0 bridgehead atoms. The van der Waals surface area contributed by atoms with Gasteiger partial charge in [0.2, 0.25) is 0 Å². The minimum Gasteiger partial charge on any atom is -0.481 e. The van der Waals surface area contributed by atoms with Crippen molar-refractivity contribution < 1.29 is 19.1 Å². The van der Waals surface area contributed by atoms with Crippen molar-refractivity contribution in [1.82, 2.24) is 5.32 Å². The zero-order chi connectivity index (χ0) is 18.9. The van der Waals surface area contributed by atoms with E-state index in [2.05, 4.69) is 32.6 Å². The normalized spacial score (nSPS) is 9.88. The third-order valence-corrected chi connectivity index (χ3v) is 4.39. The number of esters is 1. The molecule has 0 heterocycles. The van der Waals surface area contributed by atoms with Crippen LogP contribution < -0.4 is 10.1 Å². The maximum Gasteiger partial charge on any atom is 0.343 e. The van der Waals surface area contributed by atoms with Crippen LogP contribution in [0.15, 0.2) is 42.5 Å². The van der Waals surface area contributed by atoms with Crippen LogP contribution in [0.5, 0.6) is 5.75 Å². The van der Waals surface area contributed by atoms with E-state index in [1.165, 1.54) is 7.11 Å². The van der Waals surface area contributed by atoms with Gasteiger partial charge < -0.3 is 14.8 Å². The standard InChI is InChI=1S/C19H17IN2O4/c1-25-18(23)12-26-17-7-4-13(10-16(17)20)8-9-22-19(24)15-5-2-14(11-21)3-6-15/h2-7,10H,8-9,12H2,1H3,(H,22,24). The lowest BCUT2D eigenvalue weighted by molar-refractivity contribution is -0.142. The van der Waals surface area contributed by atoms with Crippen molar-refractivity contribution in [1.29, 1.82) is 5.26 Å². The van der Waals surface area contributed by atoms with Crippen molar-refractivity contribution in [2.24, 2.45) is 0 Å². The first kappa shape index (κ1) is 19.7. The molecule has 1 N–H and O–H groups in total. The zero-order valence-corrected chi connectivity index (χ0v) is 16.3. The molecule has 26 heavy (non-hydrogen) atoms. The molecule has 0 saturated heterocycles.